The SMILES string of the molecule is CCOc1ccc(OCC(=O)NCC2CCN(c3nc4ccccc4o3)CC2)cc1. The number of oxazole rings is 1. The molecular weight excluding hydrogens is 382 g/mol. The average molecular weight is 409 g/mol. The van der Waals surface area contributed by atoms with E-state index in [1.54, 1.807) is 12.1 Å². The molecule has 30 heavy (non-hydrogen) atoms. The van der Waals surface area contributed by atoms with Crippen molar-refractivity contribution in [1.82, 2.24) is 10.3 Å². The van der Waals surface area contributed by atoms with E-state index in [-0.39, 0.29) is 12.5 Å². The molecule has 3 aromatic rings. The topological polar surface area (TPSA) is 76.8 Å². The Morgan fingerprint density at radius 3 is 2.50 bits per heavy atom. The standard InChI is InChI=1S/C23H27N3O4/c1-2-28-18-7-9-19(10-8-18)29-16-22(27)24-15-17-11-13-26(14-12-17)23-25-20-5-3-4-6-21(20)30-23/h3-10,17H,2,11-16H2,1H3,(H,24,27). The highest BCUT2D eigenvalue weighted by Crippen LogP contribution is 2.26. The molecule has 0 spiro atoms. The largest absolute Gasteiger partial charge is 0.494 e. The van der Waals surface area contributed by atoms with Gasteiger partial charge in [0.2, 0.25) is 0 Å². The van der Waals surface area contributed by atoms with Crippen molar-refractivity contribution < 1.29 is 18.7 Å². The van der Waals surface area contributed by atoms with E-state index in [0.717, 1.165) is 42.8 Å². The molecular formula is C23H27N3O4. The second-order valence-electron chi connectivity index (χ2n) is 7.39. The van der Waals surface area contributed by atoms with Crippen LogP contribution >= 0.6 is 0 Å². The summed E-state index contributed by atoms with van der Waals surface area (Å²) < 4.78 is 16.8. The Morgan fingerprint density at radius 2 is 1.80 bits per heavy atom. The average Bonchev–Trinajstić information content (AvgIpc) is 3.22. The number of fused-ring (bicyclic) bond motifs is 1. The minimum absolute atomic E-state index is 0.00965. The number of hydrogen-bond donors (Lipinski definition) is 1. The van der Waals surface area contributed by atoms with Crippen LogP contribution in [0.4, 0.5) is 6.01 Å². The summed E-state index contributed by atoms with van der Waals surface area (Å²) in [4.78, 5) is 18.9. The van der Waals surface area contributed by atoms with E-state index in [9.17, 15) is 4.79 Å². The number of rotatable bonds is 8. The summed E-state index contributed by atoms with van der Waals surface area (Å²) in [6.45, 7) is 4.97. The molecule has 1 saturated heterocycles. The summed E-state index contributed by atoms with van der Waals surface area (Å²) in [7, 11) is 0. The lowest BCUT2D eigenvalue weighted by molar-refractivity contribution is -0.123. The number of benzene rings is 2. The molecule has 0 unspecified atom stereocenters. The third-order valence-corrected chi connectivity index (χ3v) is 5.26. The van der Waals surface area contributed by atoms with Gasteiger partial charge in [0.05, 0.1) is 6.61 Å². The summed E-state index contributed by atoms with van der Waals surface area (Å²) in [5.74, 6) is 1.78. The van der Waals surface area contributed by atoms with Gasteiger partial charge in [-0.1, -0.05) is 12.1 Å². The zero-order valence-corrected chi connectivity index (χ0v) is 17.2. The third kappa shape index (κ3) is 5.03. The molecule has 2 heterocycles. The van der Waals surface area contributed by atoms with Crippen LogP contribution in [0.1, 0.15) is 19.8 Å². The molecule has 7 heteroatoms. The lowest BCUT2D eigenvalue weighted by atomic mass is 9.97. The van der Waals surface area contributed by atoms with E-state index in [0.29, 0.717) is 30.8 Å². The molecule has 0 saturated carbocycles. The van der Waals surface area contributed by atoms with E-state index >= 15 is 0 Å². The van der Waals surface area contributed by atoms with Crippen molar-refractivity contribution in [1.29, 1.82) is 0 Å². The van der Waals surface area contributed by atoms with E-state index in [2.05, 4.69) is 15.2 Å². The second-order valence-corrected chi connectivity index (χ2v) is 7.39. The van der Waals surface area contributed by atoms with Gasteiger partial charge in [0.15, 0.2) is 12.2 Å². The number of amides is 1. The van der Waals surface area contributed by atoms with Crippen LogP contribution in [0, 0.1) is 5.92 Å². The maximum Gasteiger partial charge on any atom is 0.298 e. The molecule has 2 aromatic carbocycles. The van der Waals surface area contributed by atoms with Crippen molar-refractivity contribution in [2.24, 2.45) is 5.92 Å². The fourth-order valence-electron chi connectivity index (χ4n) is 3.58. The molecule has 0 bridgehead atoms. The van der Waals surface area contributed by atoms with Gasteiger partial charge in [-0.05, 0) is 62.1 Å². The zero-order chi connectivity index (χ0) is 20.8. The van der Waals surface area contributed by atoms with E-state index < -0.39 is 0 Å². The first-order valence-electron chi connectivity index (χ1n) is 10.4. The number of nitrogens with one attached hydrogen (secondary N) is 1. The fraction of sp³-hybridized carbons (Fsp3) is 0.391. The second kappa shape index (κ2) is 9.52. The van der Waals surface area contributed by atoms with Gasteiger partial charge in [-0.25, -0.2) is 0 Å². The zero-order valence-electron chi connectivity index (χ0n) is 17.2. The van der Waals surface area contributed by atoms with Crippen molar-refractivity contribution in [2.75, 3.05) is 37.7 Å². The summed E-state index contributed by atoms with van der Waals surface area (Å²) >= 11 is 0. The first-order chi connectivity index (χ1) is 14.7. The van der Waals surface area contributed by atoms with Gasteiger partial charge < -0.3 is 24.1 Å². The molecule has 0 atom stereocenters. The number of anilines is 1. The van der Waals surface area contributed by atoms with Gasteiger partial charge in [0.1, 0.15) is 17.0 Å². The van der Waals surface area contributed by atoms with Crippen molar-refractivity contribution in [2.45, 2.75) is 19.8 Å². The molecule has 1 aliphatic rings. The molecule has 0 aliphatic carbocycles. The molecule has 1 N–H and O–H groups in total. The number of carbonyl (C=O) groups is 1. The number of para-hydroxylation sites is 2. The van der Waals surface area contributed by atoms with Crippen molar-refractivity contribution in [3.8, 4) is 11.5 Å². The number of nitrogens with zero attached hydrogens (tertiary/aromatic N) is 2. The van der Waals surface area contributed by atoms with E-state index in [1.807, 2.05) is 43.3 Å². The van der Waals surface area contributed by atoms with Crippen LogP contribution in [-0.4, -0.2) is 43.7 Å². The van der Waals surface area contributed by atoms with Crippen LogP contribution in [0.3, 0.4) is 0 Å². The number of aromatic nitrogens is 1. The molecule has 1 aromatic heterocycles. The van der Waals surface area contributed by atoms with Gasteiger partial charge in [0, 0.05) is 19.6 Å². The highest BCUT2D eigenvalue weighted by molar-refractivity contribution is 5.77. The van der Waals surface area contributed by atoms with Crippen LogP contribution in [0.15, 0.2) is 52.9 Å². The Kier molecular flexibility index (Phi) is 6.37. The van der Waals surface area contributed by atoms with Crippen molar-refractivity contribution in [3.05, 3.63) is 48.5 Å². The maximum atomic E-state index is 12.1. The number of carbonyl (C=O) groups excluding carboxylic acids is 1. The monoisotopic (exact) mass is 409 g/mol. The Morgan fingerprint density at radius 1 is 1.10 bits per heavy atom. The first kappa shape index (κ1) is 20.1. The predicted octanol–water partition coefficient (Wildman–Crippen LogP) is 3.64. The molecule has 1 amide bonds. The number of hydrogen-bond acceptors (Lipinski definition) is 6. The highest BCUT2D eigenvalue weighted by atomic mass is 16.5. The maximum absolute atomic E-state index is 12.1. The lowest BCUT2D eigenvalue weighted by Gasteiger charge is -2.30. The molecule has 1 fully saturated rings. The number of piperidine rings is 1. The Hall–Kier alpha value is -3.22. The molecule has 1 aliphatic heterocycles. The number of ether oxygens (including phenoxy) is 2. The van der Waals surface area contributed by atoms with Crippen LogP contribution in [0.2, 0.25) is 0 Å². The quantitative estimate of drug-likeness (QED) is 0.612. The summed E-state index contributed by atoms with van der Waals surface area (Å²) in [5.41, 5.74) is 1.70. The van der Waals surface area contributed by atoms with Crippen molar-refractivity contribution >= 4 is 23.0 Å². The van der Waals surface area contributed by atoms with Crippen LogP contribution < -0.4 is 19.7 Å². The minimum atomic E-state index is -0.106. The molecule has 7 nitrogen and oxygen atoms in total. The first-order valence-corrected chi connectivity index (χ1v) is 10.4. The van der Waals surface area contributed by atoms with Crippen LogP contribution in [0.5, 0.6) is 11.5 Å². The van der Waals surface area contributed by atoms with Gasteiger partial charge in [-0.15, -0.1) is 0 Å². The van der Waals surface area contributed by atoms with Crippen LogP contribution in [-0.2, 0) is 4.79 Å². The Labute approximate surface area is 176 Å². The fourth-order valence-corrected chi connectivity index (χ4v) is 3.58. The van der Waals surface area contributed by atoms with Crippen molar-refractivity contribution in [3.63, 3.8) is 0 Å². The third-order valence-electron chi connectivity index (χ3n) is 5.26. The Balaban J connectivity index is 1.17. The molecule has 0 radical (unpaired) electrons. The minimum Gasteiger partial charge on any atom is -0.494 e. The molecule has 158 valence electrons. The smallest absolute Gasteiger partial charge is 0.298 e. The summed E-state index contributed by atoms with van der Waals surface area (Å²) in [6.07, 6.45) is 1.97. The van der Waals surface area contributed by atoms with E-state index in [1.165, 1.54) is 0 Å². The van der Waals surface area contributed by atoms with E-state index in [4.69, 9.17) is 13.9 Å². The van der Waals surface area contributed by atoms with Gasteiger partial charge >= 0.3 is 0 Å². The predicted molar refractivity (Wildman–Crippen MR) is 115 cm³/mol. The van der Waals surface area contributed by atoms with Gasteiger partial charge in [-0.2, -0.15) is 4.98 Å². The molecule has 4 rings (SSSR count). The van der Waals surface area contributed by atoms with Gasteiger partial charge in [-0.3, -0.25) is 4.79 Å². The summed E-state index contributed by atoms with van der Waals surface area (Å²) in [6, 6.07) is 15.8. The summed E-state index contributed by atoms with van der Waals surface area (Å²) in [5, 5.41) is 2.98. The lowest BCUT2D eigenvalue weighted by Crippen LogP contribution is -2.39. The van der Waals surface area contributed by atoms with Crippen LogP contribution in [0.25, 0.3) is 11.1 Å². The highest BCUT2D eigenvalue weighted by Gasteiger charge is 2.23. The van der Waals surface area contributed by atoms with Gasteiger partial charge in [0.25, 0.3) is 11.9 Å². The normalized spacial score (nSPS) is 14.6. The Bertz CT molecular complexity index is 929.